The van der Waals surface area contributed by atoms with Crippen molar-refractivity contribution in [1.82, 2.24) is 4.31 Å². The van der Waals surface area contributed by atoms with Crippen LogP contribution in [0.25, 0.3) is 0 Å². The SMILES string of the molecule is CCOC(=O)C1Cc2cc(S(=O)(=O)N3CCC(N)CC3)ccc2O1.Cl. The number of piperidine rings is 1. The lowest BCUT2D eigenvalue weighted by molar-refractivity contribution is -0.150. The van der Waals surface area contributed by atoms with Gasteiger partial charge in [0, 0.05) is 25.6 Å². The number of hydrogen-bond acceptors (Lipinski definition) is 6. The van der Waals surface area contributed by atoms with Crippen LogP contribution in [0.3, 0.4) is 0 Å². The fourth-order valence-corrected chi connectivity index (χ4v) is 4.54. The van der Waals surface area contributed by atoms with Gasteiger partial charge in [-0.25, -0.2) is 13.2 Å². The molecule has 1 atom stereocenters. The molecule has 25 heavy (non-hydrogen) atoms. The Morgan fingerprint density at radius 3 is 2.68 bits per heavy atom. The minimum absolute atomic E-state index is 0. The van der Waals surface area contributed by atoms with Crippen molar-refractivity contribution in [2.75, 3.05) is 19.7 Å². The van der Waals surface area contributed by atoms with Gasteiger partial charge in [-0.05, 0) is 43.5 Å². The number of nitrogens with two attached hydrogens (primary N) is 1. The van der Waals surface area contributed by atoms with Gasteiger partial charge < -0.3 is 15.2 Å². The average Bonchev–Trinajstić information content (AvgIpc) is 2.98. The van der Waals surface area contributed by atoms with Crippen molar-refractivity contribution in [2.24, 2.45) is 5.73 Å². The molecule has 0 aliphatic carbocycles. The molecule has 1 fully saturated rings. The summed E-state index contributed by atoms with van der Waals surface area (Å²) < 4.78 is 37.5. The van der Waals surface area contributed by atoms with E-state index in [9.17, 15) is 13.2 Å². The Morgan fingerprint density at radius 2 is 2.04 bits per heavy atom. The summed E-state index contributed by atoms with van der Waals surface area (Å²) >= 11 is 0. The molecule has 2 aliphatic heterocycles. The molecule has 1 unspecified atom stereocenters. The average molecular weight is 391 g/mol. The van der Waals surface area contributed by atoms with Gasteiger partial charge in [0.15, 0.2) is 6.10 Å². The van der Waals surface area contributed by atoms with Gasteiger partial charge >= 0.3 is 5.97 Å². The number of benzene rings is 1. The van der Waals surface area contributed by atoms with Crippen LogP contribution in [0.1, 0.15) is 25.3 Å². The quantitative estimate of drug-likeness (QED) is 0.772. The highest BCUT2D eigenvalue weighted by Crippen LogP contribution is 2.32. The first kappa shape index (κ1) is 20.0. The first-order valence-electron chi connectivity index (χ1n) is 8.13. The lowest BCUT2D eigenvalue weighted by atomic mass is 10.1. The van der Waals surface area contributed by atoms with Crippen molar-refractivity contribution in [3.05, 3.63) is 23.8 Å². The molecule has 9 heteroatoms. The van der Waals surface area contributed by atoms with Crippen LogP contribution in [0.5, 0.6) is 5.75 Å². The van der Waals surface area contributed by atoms with Gasteiger partial charge in [0.25, 0.3) is 0 Å². The molecular formula is C16H23ClN2O5S. The smallest absolute Gasteiger partial charge is 0.347 e. The fraction of sp³-hybridized carbons (Fsp3) is 0.562. The summed E-state index contributed by atoms with van der Waals surface area (Å²) in [5, 5.41) is 0. The number of halogens is 1. The van der Waals surface area contributed by atoms with Crippen LogP contribution in [0, 0.1) is 0 Å². The molecule has 140 valence electrons. The third-order valence-electron chi connectivity index (χ3n) is 4.39. The van der Waals surface area contributed by atoms with E-state index in [0.29, 0.717) is 43.7 Å². The zero-order valence-corrected chi connectivity index (χ0v) is 15.6. The Kier molecular flexibility index (Phi) is 6.31. The third-order valence-corrected chi connectivity index (χ3v) is 6.29. The Labute approximate surface area is 153 Å². The van der Waals surface area contributed by atoms with Crippen molar-refractivity contribution in [1.29, 1.82) is 0 Å². The molecule has 2 N–H and O–H groups in total. The second-order valence-corrected chi connectivity index (χ2v) is 8.01. The van der Waals surface area contributed by atoms with Crippen LogP contribution < -0.4 is 10.5 Å². The van der Waals surface area contributed by atoms with Gasteiger partial charge in [-0.1, -0.05) is 0 Å². The van der Waals surface area contributed by atoms with Crippen LogP contribution >= 0.6 is 12.4 Å². The third kappa shape index (κ3) is 4.08. The Balaban J connectivity index is 0.00000225. The monoisotopic (exact) mass is 390 g/mol. The van der Waals surface area contributed by atoms with Gasteiger partial charge in [0.2, 0.25) is 10.0 Å². The summed E-state index contributed by atoms with van der Waals surface area (Å²) in [6.07, 6.45) is 0.949. The molecule has 1 aromatic carbocycles. The number of ether oxygens (including phenoxy) is 2. The van der Waals surface area contributed by atoms with E-state index in [4.69, 9.17) is 15.2 Å². The van der Waals surface area contributed by atoms with E-state index in [1.54, 1.807) is 19.1 Å². The van der Waals surface area contributed by atoms with Gasteiger partial charge in [-0.3, -0.25) is 0 Å². The lowest BCUT2D eigenvalue weighted by Gasteiger charge is -2.29. The Morgan fingerprint density at radius 1 is 1.36 bits per heavy atom. The molecule has 0 bridgehead atoms. The molecule has 7 nitrogen and oxygen atoms in total. The van der Waals surface area contributed by atoms with E-state index in [-0.39, 0.29) is 30.0 Å². The van der Waals surface area contributed by atoms with Crippen LogP contribution in [0.4, 0.5) is 0 Å². The zero-order valence-electron chi connectivity index (χ0n) is 14.0. The second-order valence-electron chi connectivity index (χ2n) is 6.07. The van der Waals surface area contributed by atoms with Crippen LogP contribution in [0.2, 0.25) is 0 Å². The highest BCUT2D eigenvalue weighted by atomic mass is 35.5. The first-order valence-corrected chi connectivity index (χ1v) is 9.57. The van der Waals surface area contributed by atoms with Crippen molar-refractivity contribution >= 4 is 28.4 Å². The molecule has 0 spiro atoms. The van der Waals surface area contributed by atoms with E-state index in [0.717, 1.165) is 0 Å². The number of esters is 1. The summed E-state index contributed by atoms with van der Waals surface area (Å²) in [4.78, 5) is 12.0. The molecule has 3 rings (SSSR count). The normalized spacial score (nSPS) is 21.1. The van der Waals surface area contributed by atoms with Crippen molar-refractivity contribution in [2.45, 2.75) is 43.2 Å². The number of nitrogens with zero attached hydrogens (tertiary/aromatic N) is 1. The number of sulfonamides is 1. The topological polar surface area (TPSA) is 98.9 Å². The van der Waals surface area contributed by atoms with Gasteiger partial charge in [0.1, 0.15) is 5.75 Å². The Hall–Kier alpha value is -1.35. The lowest BCUT2D eigenvalue weighted by Crippen LogP contribution is -2.42. The summed E-state index contributed by atoms with van der Waals surface area (Å²) in [5.41, 5.74) is 6.55. The highest BCUT2D eigenvalue weighted by molar-refractivity contribution is 7.89. The highest BCUT2D eigenvalue weighted by Gasteiger charge is 2.33. The Bertz CT molecular complexity index is 732. The van der Waals surface area contributed by atoms with E-state index in [1.807, 2.05) is 0 Å². The predicted octanol–water partition coefficient (Wildman–Crippen LogP) is 1.09. The predicted molar refractivity (Wildman–Crippen MR) is 94.4 cm³/mol. The van der Waals surface area contributed by atoms with Crippen LogP contribution in [-0.4, -0.2) is 50.5 Å². The maximum absolute atomic E-state index is 12.8. The first-order chi connectivity index (χ1) is 11.4. The molecule has 0 amide bonds. The molecule has 2 aliphatic rings. The number of carbonyl (C=O) groups is 1. The number of hydrogen-bond donors (Lipinski definition) is 1. The number of fused-ring (bicyclic) bond motifs is 1. The summed E-state index contributed by atoms with van der Waals surface area (Å²) in [5.74, 6) is 0.107. The van der Waals surface area contributed by atoms with Crippen molar-refractivity contribution < 1.29 is 22.7 Å². The van der Waals surface area contributed by atoms with Gasteiger partial charge in [0.05, 0.1) is 11.5 Å². The van der Waals surface area contributed by atoms with Gasteiger partial charge in [-0.15, -0.1) is 12.4 Å². The van der Waals surface area contributed by atoms with Crippen LogP contribution in [-0.2, 0) is 26.0 Å². The van der Waals surface area contributed by atoms with Gasteiger partial charge in [-0.2, -0.15) is 4.31 Å². The number of rotatable bonds is 4. The molecule has 1 saturated heterocycles. The molecule has 0 saturated carbocycles. The molecular weight excluding hydrogens is 368 g/mol. The van der Waals surface area contributed by atoms with Crippen molar-refractivity contribution in [3.8, 4) is 5.75 Å². The molecule has 0 aromatic heterocycles. The minimum Gasteiger partial charge on any atom is -0.478 e. The van der Waals surface area contributed by atoms with E-state index in [2.05, 4.69) is 0 Å². The molecule has 0 radical (unpaired) electrons. The minimum atomic E-state index is -3.55. The van der Waals surface area contributed by atoms with Crippen molar-refractivity contribution in [3.63, 3.8) is 0 Å². The largest absolute Gasteiger partial charge is 0.478 e. The number of carbonyl (C=O) groups excluding carboxylic acids is 1. The second kappa shape index (κ2) is 7.90. The molecule has 1 aromatic rings. The zero-order chi connectivity index (χ0) is 17.3. The maximum Gasteiger partial charge on any atom is 0.347 e. The van der Waals surface area contributed by atoms with E-state index in [1.165, 1.54) is 10.4 Å². The standard InChI is InChI=1S/C16H22N2O5S.ClH/c1-2-22-16(19)15-10-11-9-13(3-4-14(11)23-15)24(20,21)18-7-5-12(17)6-8-18;/h3-4,9,12,15H,2,5-8,10,17H2,1H3;1H. The van der Waals surface area contributed by atoms with Crippen LogP contribution in [0.15, 0.2) is 23.1 Å². The van der Waals surface area contributed by atoms with E-state index >= 15 is 0 Å². The molecule has 2 heterocycles. The summed E-state index contributed by atoms with van der Waals surface area (Å²) in [6, 6.07) is 4.79. The fourth-order valence-electron chi connectivity index (χ4n) is 3.02. The summed E-state index contributed by atoms with van der Waals surface area (Å²) in [6.45, 7) is 2.88. The summed E-state index contributed by atoms with van der Waals surface area (Å²) in [7, 11) is -3.55. The van der Waals surface area contributed by atoms with E-state index < -0.39 is 22.1 Å². The maximum atomic E-state index is 12.8.